The Balaban J connectivity index is 1.77. The summed E-state index contributed by atoms with van der Waals surface area (Å²) in [6.07, 6.45) is 1.83. The van der Waals surface area contributed by atoms with Crippen LogP contribution in [0, 0.1) is 0 Å². The largest absolute Gasteiger partial charge is 0.493 e. The van der Waals surface area contributed by atoms with Crippen LogP contribution in [0.3, 0.4) is 0 Å². The molecule has 1 fully saturated rings. The lowest BCUT2D eigenvalue weighted by Crippen LogP contribution is -2.28. The molecule has 0 spiro atoms. The van der Waals surface area contributed by atoms with E-state index in [0.29, 0.717) is 5.25 Å². The molecule has 0 radical (unpaired) electrons. The van der Waals surface area contributed by atoms with E-state index in [1.807, 2.05) is 36.2 Å². The Morgan fingerprint density at radius 2 is 1.96 bits per heavy atom. The second-order valence-electron chi connectivity index (χ2n) is 6.25. The maximum Gasteiger partial charge on any atom is 0.161 e. The SMILES string of the molecule is COc1ccc([C@@H]2[C@H](c3ccccn3)N=C3S[C@@H](C)CN32)cc1OC. The molecule has 1 aromatic heterocycles. The first-order valence-electron chi connectivity index (χ1n) is 8.35. The van der Waals surface area contributed by atoms with Gasteiger partial charge in [0.05, 0.1) is 26.0 Å². The Bertz CT molecular complexity index is 797. The number of methoxy groups -OCH3 is 2. The van der Waals surface area contributed by atoms with Gasteiger partial charge < -0.3 is 14.4 Å². The van der Waals surface area contributed by atoms with Crippen LogP contribution in [0.5, 0.6) is 11.5 Å². The second kappa shape index (κ2) is 6.59. The molecule has 2 aromatic rings. The molecule has 0 amide bonds. The normalized spacial score (nSPS) is 24.8. The maximum atomic E-state index is 5.51. The standard InChI is InChI=1S/C19H21N3O2S/c1-12-11-22-18(13-7-8-15(23-2)16(10-13)24-3)17(21-19(22)25-12)14-6-4-5-9-20-14/h4-10,12,17-18H,11H2,1-3H3/t12-,17-,18+/m0/s1. The summed E-state index contributed by atoms with van der Waals surface area (Å²) >= 11 is 1.84. The van der Waals surface area contributed by atoms with Crippen LogP contribution >= 0.6 is 11.8 Å². The van der Waals surface area contributed by atoms with Crippen LogP contribution < -0.4 is 9.47 Å². The van der Waals surface area contributed by atoms with Gasteiger partial charge in [-0.3, -0.25) is 9.98 Å². The highest BCUT2D eigenvalue weighted by Crippen LogP contribution is 2.48. The molecule has 0 bridgehead atoms. The van der Waals surface area contributed by atoms with Gasteiger partial charge in [0.2, 0.25) is 0 Å². The number of thioether (sulfide) groups is 1. The predicted molar refractivity (Wildman–Crippen MR) is 100 cm³/mol. The maximum absolute atomic E-state index is 5.51. The van der Waals surface area contributed by atoms with Crippen molar-refractivity contribution in [2.75, 3.05) is 20.8 Å². The van der Waals surface area contributed by atoms with E-state index in [2.05, 4.69) is 35.0 Å². The first-order chi connectivity index (χ1) is 12.2. The first kappa shape index (κ1) is 16.3. The molecule has 130 valence electrons. The number of fused-ring (bicyclic) bond motifs is 1. The van der Waals surface area contributed by atoms with E-state index < -0.39 is 0 Å². The van der Waals surface area contributed by atoms with Gasteiger partial charge in [0.15, 0.2) is 16.7 Å². The Morgan fingerprint density at radius 1 is 1.12 bits per heavy atom. The van der Waals surface area contributed by atoms with Crippen LogP contribution in [-0.2, 0) is 0 Å². The fraction of sp³-hybridized carbons (Fsp3) is 0.368. The quantitative estimate of drug-likeness (QED) is 0.837. The molecule has 0 N–H and O–H groups in total. The zero-order valence-corrected chi connectivity index (χ0v) is 15.4. The van der Waals surface area contributed by atoms with E-state index in [0.717, 1.165) is 28.9 Å². The highest BCUT2D eigenvalue weighted by Gasteiger charge is 2.43. The zero-order chi connectivity index (χ0) is 17.4. The molecule has 0 aliphatic carbocycles. The molecule has 4 rings (SSSR count). The Morgan fingerprint density at radius 3 is 2.68 bits per heavy atom. The van der Waals surface area contributed by atoms with Gasteiger partial charge in [-0.25, -0.2) is 0 Å². The molecule has 3 heterocycles. The van der Waals surface area contributed by atoms with Crippen molar-refractivity contribution < 1.29 is 9.47 Å². The summed E-state index contributed by atoms with van der Waals surface area (Å²) < 4.78 is 10.9. The molecule has 5 nitrogen and oxygen atoms in total. The van der Waals surface area contributed by atoms with Gasteiger partial charge in [-0.05, 0) is 29.8 Å². The summed E-state index contributed by atoms with van der Waals surface area (Å²) in [6.45, 7) is 3.23. The number of aromatic nitrogens is 1. The molecule has 6 heteroatoms. The van der Waals surface area contributed by atoms with Crippen molar-refractivity contribution in [2.45, 2.75) is 24.3 Å². The van der Waals surface area contributed by atoms with Crippen LogP contribution in [-0.4, -0.2) is 41.1 Å². The monoisotopic (exact) mass is 355 g/mol. The van der Waals surface area contributed by atoms with Gasteiger partial charge in [0.25, 0.3) is 0 Å². The average molecular weight is 355 g/mol. The van der Waals surface area contributed by atoms with Crippen LogP contribution in [0.4, 0.5) is 0 Å². The van der Waals surface area contributed by atoms with Crippen molar-refractivity contribution in [3.8, 4) is 11.5 Å². The molecular weight excluding hydrogens is 334 g/mol. The Kier molecular flexibility index (Phi) is 4.29. The zero-order valence-electron chi connectivity index (χ0n) is 14.5. The number of hydrogen-bond donors (Lipinski definition) is 0. The third-order valence-electron chi connectivity index (χ3n) is 4.63. The number of amidine groups is 1. The summed E-state index contributed by atoms with van der Waals surface area (Å²) in [5, 5.41) is 1.66. The fourth-order valence-electron chi connectivity index (χ4n) is 3.51. The van der Waals surface area contributed by atoms with Gasteiger partial charge in [-0.1, -0.05) is 30.8 Å². The number of nitrogens with zero attached hydrogens (tertiary/aromatic N) is 3. The molecular formula is C19H21N3O2S. The van der Waals surface area contributed by atoms with Crippen molar-refractivity contribution >= 4 is 16.9 Å². The Hall–Kier alpha value is -2.21. The second-order valence-corrected chi connectivity index (χ2v) is 7.66. The molecule has 0 saturated carbocycles. The van der Waals surface area contributed by atoms with Gasteiger partial charge in [-0.2, -0.15) is 0 Å². The summed E-state index contributed by atoms with van der Waals surface area (Å²) in [7, 11) is 3.33. The third-order valence-corrected chi connectivity index (χ3v) is 5.73. The van der Waals surface area contributed by atoms with Crippen LogP contribution in [0.25, 0.3) is 0 Å². The van der Waals surface area contributed by atoms with Crippen molar-refractivity contribution in [2.24, 2.45) is 4.99 Å². The predicted octanol–water partition coefficient (Wildman–Crippen LogP) is 3.69. The number of pyridine rings is 1. The number of hydrogen-bond acceptors (Lipinski definition) is 6. The van der Waals surface area contributed by atoms with Crippen LogP contribution in [0.15, 0.2) is 47.6 Å². The van der Waals surface area contributed by atoms with E-state index in [1.165, 1.54) is 5.56 Å². The molecule has 1 saturated heterocycles. The van der Waals surface area contributed by atoms with Crippen molar-refractivity contribution in [3.05, 3.63) is 53.9 Å². The lowest BCUT2D eigenvalue weighted by molar-refractivity contribution is 0.317. The minimum absolute atomic E-state index is 0.00528. The topological polar surface area (TPSA) is 47.0 Å². The molecule has 2 aliphatic heterocycles. The van der Waals surface area contributed by atoms with Crippen LogP contribution in [0.2, 0.25) is 0 Å². The molecule has 25 heavy (non-hydrogen) atoms. The van der Waals surface area contributed by atoms with Crippen molar-refractivity contribution in [1.82, 2.24) is 9.88 Å². The number of benzene rings is 1. The van der Waals surface area contributed by atoms with E-state index in [9.17, 15) is 0 Å². The average Bonchev–Trinajstić information content (AvgIpc) is 3.17. The molecule has 1 aromatic carbocycles. The minimum atomic E-state index is -0.00528. The summed E-state index contributed by atoms with van der Waals surface area (Å²) in [6, 6.07) is 12.3. The smallest absolute Gasteiger partial charge is 0.161 e. The molecule has 0 unspecified atom stereocenters. The highest BCUT2D eigenvalue weighted by atomic mass is 32.2. The van der Waals surface area contributed by atoms with Crippen molar-refractivity contribution in [3.63, 3.8) is 0 Å². The first-order valence-corrected chi connectivity index (χ1v) is 9.23. The van der Waals surface area contributed by atoms with E-state index >= 15 is 0 Å². The van der Waals surface area contributed by atoms with Gasteiger partial charge >= 0.3 is 0 Å². The lowest BCUT2D eigenvalue weighted by Gasteiger charge is -2.27. The number of rotatable bonds is 4. The summed E-state index contributed by atoms with van der Waals surface area (Å²) in [4.78, 5) is 12.0. The number of aliphatic imine (C=N–C) groups is 1. The van der Waals surface area contributed by atoms with Gasteiger partial charge in [0.1, 0.15) is 6.04 Å². The third kappa shape index (κ3) is 2.84. The number of ether oxygens (including phenoxy) is 2. The Labute approximate surface area is 152 Å². The fourth-order valence-corrected chi connectivity index (χ4v) is 4.61. The van der Waals surface area contributed by atoms with E-state index in [-0.39, 0.29) is 12.1 Å². The summed E-state index contributed by atoms with van der Waals surface area (Å²) in [5.41, 5.74) is 2.17. The van der Waals surface area contributed by atoms with Crippen molar-refractivity contribution in [1.29, 1.82) is 0 Å². The summed E-state index contributed by atoms with van der Waals surface area (Å²) in [5.74, 6) is 1.48. The van der Waals surface area contributed by atoms with E-state index in [1.54, 1.807) is 14.2 Å². The molecule has 2 aliphatic rings. The highest BCUT2D eigenvalue weighted by molar-refractivity contribution is 8.14. The van der Waals surface area contributed by atoms with E-state index in [4.69, 9.17) is 14.5 Å². The van der Waals surface area contributed by atoms with Gasteiger partial charge in [-0.15, -0.1) is 0 Å². The lowest BCUT2D eigenvalue weighted by atomic mass is 9.96. The minimum Gasteiger partial charge on any atom is -0.493 e. The van der Waals surface area contributed by atoms with Gasteiger partial charge in [0, 0.05) is 18.0 Å². The molecule has 3 atom stereocenters. The van der Waals surface area contributed by atoms with Crippen LogP contribution in [0.1, 0.15) is 30.3 Å².